The van der Waals surface area contributed by atoms with Gasteiger partial charge in [0.15, 0.2) is 0 Å². The summed E-state index contributed by atoms with van der Waals surface area (Å²) in [6.45, 7) is 0.258. The number of rotatable bonds is 5. The van der Waals surface area contributed by atoms with Crippen molar-refractivity contribution in [1.29, 1.82) is 0 Å². The van der Waals surface area contributed by atoms with E-state index in [1.54, 1.807) is 24.4 Å². The largest absolute Gasteiger partial charge is 0.496 e. The second-order valence-electron chi connectivity index (χ2n) is 4.17. The maximum atomic E-state index is 12.0. The van der Waals surface area contributed by atoms with Gasteiger partial charge in [-0.3, -0.25) is 4.98 Å². The molecule has 0 aliphatic rings. The number of ether oxygens (including phenoxy) is 2. The molecule has 1 aromatic carbocycles. The van der Waals surface area contributed by atoms with Crippen molar-refractivity contribution < 1.29 is 14.3 Å². The molecule has 0 radical (unpaired) electrons. The Morgan fingerprint density at radius 3 is 2.85 bits per heavy atom. The smallest absolute Gasteiger partial charge is 0.342 e. The molecule has 2 rings (SSSR count). The summed E-state index contributed by atoms with van der Waals surface area (Å²) in [5.41, 5.74) is 7.36. The molecule has 5 heteroatoms. The zero-order valence-corrected chi connectivity index (χ0v) is 11.2. The van der Waals surface area contributed by atoms with E-state index in [2.05, 4.69) is 4.98 Å². The number of aromatic nitrogens is 1. The molecule has 2 aromatic rings. The molecule has 0 unspecified atom stereocenters. The first-order valence-electron chi connectivity index (χ1n) is 6.21. The standard InChI is InChI=1S/C15H16N2O3/c1-19-14-6-5-11(16)10-13(14)15(18)20-9-7-12-4-2-3-8-17-12/h2-6,8,10H,7,9,16H2,1H3. The molecule has 104 valence electrons. The topological polar surface area (TPSA) is 74.4 Å². The van der Waals surface area contributed by atoms with Crippen LogP contribution in [0.5, 0.6) is 5.75 Å². The molecule has 0 spiro atoms. The van der Waals surface area contributed by atoms with Crippen LogP contribution >= 0.6 is 0 Å². The predicted molar refractivity (Wildman–Crippen MR) is 75.6 cm³/mol. The summed E-state index contributed by atoms with van der Waals surface area (Å²) in [6, 6.07) is 10.5. The van der Waals surface area contributed by atoms with Gasteiger partial charge >= 0.3 is 5.97 Å². The Balaban J connectivity index is 1.97. The number of methoxy groups -OCH3 is 1. The molecule has 0 aliphatic carbocycles. The second-order valence-corrected chi connectivity index (χ2v) is 4.17. The summed E-state index contributed by atoms with van der Waals surface area (Å²) in [5, 5.41) is 0. The fraction of sp³-hybridized carbons (Fsp3) is 0.200. The van der Waals surface area contributed by atoms with E-state index in [9.17, 15) is 4.79 Å². The number of hydrogen-bond donors (Lipinski definition) is 1. The number of hydrogen-bond acceptors (Lipinski definition) is 5. The lowest BCUT2D eigenvalue weighted by atomic mass is 10.2. The Morgan fingerprint density at radius 1 is 1.30 bits per heavy atom. The Kier molecular flexibility index (Phi) is 4.55. The summed E-state index contributed by atoms with van der Waals surface area (Å²) in [6.07, 6.45) is 2.27. The van der Waals surface area contributed by atoms with Crippen molar-refractivity contribution in [3.05, 3.63) is 53.9 Å². The Labute approximate surface area is 117 Å². The van der Waals surface area contributed by atoms with Crippen LogP contribution in [0.1, 0.15) is 16.1 Å². The van der Waals surface area contributed by atoms with Crippen LogP contribution in [0.4, 0.5) is 5.69 Å². The van der Waals surface area contributed by atoms with Gasteiger partial charge in [0.1, 0.15) is 11.3 Å². The van der Waals surface area contributed by atoms with Crippen LogP contribution in [-0.4, -0.2) is 24.7 Å². The quantitative estimate of drug-likeness (QED) is 0.666. The van der Waals surface area contributed by atoms with Crippen LogP contribution in [0.2, 0.25) is 0 Å². The third-order valence-electron chi connectivity index (χ3n) is 2.76. The molecule has 0 saturated heterocycles. The van der Waals surface area contributed by atoms with Gasteiger partial charge in [-0.2, -0.15) is 0 Å². The zero-order valence-electron chi connectivity index (χ0n) is 11.2. The number of carbonyl (C=O) groups is 1. The van der Waals surface area contributed by atoms with Crippen LogP contribution < -0.4 is 10.5 Å². The maximum absolute atomic E-state index is 12.0. The van der Waals surface area contributed by atoms with Crippen molar-refractivity contribution >= 4 is 11.7 Å². The molecule has 2 N–H and O–H groups in total. The highest BCUT2D eigenvalue weighted by Gasteiger charge is 2.14. The number of carbonyl (C=O) groups excluding carboxylic acids is 1. The zero-order chi connectivity index (χ0) is 14.4. The molecule has 1 aromatic heterocycles. The van der Waals surface area contributed by atoms with Crippen molar-refractivity contribution in [3.63, 3.8) is 0 Å². The van der Waals surface area contributed by atoms with E-state index >= 15 is 0 Å². The normalized spacial score (nSPS) is 10.1. The van der Waals surface area contributed by atoms with Gasteiger partial charge in [-0.15, -0.1) is 0 Å². The van der Waals surface area contributed by atoms with Crippen molar-refractivity contribution in [2.45, 2.75) is 6.42 Å². The number of benzene rings is 1. The lowest BCUT2D eigenvalue weighted by molar-refractivity contribution is 0.0505. The predicted octanol–water partition coefficient (Wildman–Crippen LogP) is 2.07. The molecule has 0 bridgehead atoms. The van der Waals surface area contributed by atoms with Crippen LogP contribution in [0.15, 0.2) is 42.6 Å². The first-order valence-corrected chi connectivity index (χ1v) is 6.21. The molecule has 1 heterocycles. The average Bonchev–Trinajstić information content (AvgIpc) is 2.48. The highest BCUT2D eigenvalue weighted by Crippen LogP contribution is 2.21. The average molecular weight is 272 g/mol. The van der Waals surface area contributed by atoms with E-state index in [1.165, 1.54) is 7.11 Å². The summed E-state index contributed by atoms with van der Waals surface area (Å²) in [5.74, 6) is -0.00730. The lowest BCUT2D eigenvalue weighted by Gasteiger charge is -2.09. The number of esters is 1. The molecule has 0 fully saturated rings. The minimum atomic E-state index is -0.454. The maximum Gasteiger partial charge on any atom is 0.342 e. The Hall–Kier alpha value is -2.56. The summed E-state index contributed by atoms with van der Waals surface area (Å²) >= 11 is 0. The minimum Gasteiger partial charge on any atom is -0.496 e. The van der Waals surface area contributed by atoms with Gasteiger partial charge in [-0.25, -0.2) is 4.79 Å². The van der Waals surface area contributed by atoms with E-state index in [4.69, 9.17) is 15.2 Å². The highest BCUT2D eigenvalue weighted by molar-refractivity contribution is 5.93. The number of nitrogens with zero attached hydrogens (tertiary/aromatic N) is 1. The molecule has 0 atom stereocenters. The van der Waals surface area contributed by atoms with Crippen molar-refractivity contribution in [2.24, 2.45) is 0 Å². The molecule has 0 saturated carbocycles. The van der Waals surface area contributed by atoms with Crippen LogP contribution in [0.25, 0.3) is 0 Å². The van der Waals surface area contributed by atoms with E-state index < -0.39 is 5.97 Å². The van der Waals surface area contributed by atoms with E-state index in [-0.39, 0.29) is 6.61 Å². The Bertz CT molecular complexity index is 585. The first-order chi connectivity index (χ1) is 9.70. The van der Waals surface area contributed by atoms with Gasteiger partial charge in [0.25, 0.3) is 0 Å². The third-order valence-corrected chi connectivity index (χ3v) is 2.76. The van der Waals surface area contributed by atoms with Crippen LogP contribution in [0, 0.1) is 0 Å². The van der Waals surface area contributed by atoms with Gasteiger partial charge in [0.2, 0.25) is 0 Å². The molecular formula is C15H16N2O3. The third kappa shape index (κ3) is 3.47. The Morgan fingerprint density at radius 2 is 2.15 bits per heavy atom. The van der Waals surface area contributed by atoms with Crippen molar-refractivity contribution in [2.75, 3.05) is 19.5 Å². The molecular weight excluding hydrogens is 256 g/mol. The molecule has 0 amide bonds. The van der Waals surface area contributed by atoms with Crippen molar-refractivity contribution in [1.82, 2.24) is 4.98 Å². The van der Waals surface area contributed by atoms with E-state index in [0.717, 1.165) is 5.69 Å². The first kappa shape index (κ1) is 13.9. The number of nitrogens with two attached hydrogens (primary N) is 1. The second kappa shape index (κ2) is 6.56. The molecule has 0 aliphatic heterocycles. The fourth-order valence-electron chi connectivity index (χ4n) is 1.76. The van der Waals surface area contributed by atoms with Gasteiger partial charge in [-0.05, 0) is 30.3 Å². The molecule has 5 nitrogen and oxygen atoms in total. The summed E-state index contributed by atoms with van der Waals surface area (Å²) < 4.78 is 10.3. The number of nitrogen functional groups attached to an aromatic ring is 1. The van der Waals surface area contributed by atoms with Gasteiger partial charge in [-0.1, -0.05) is 6.07 Å². The monoisotopic (exact) mass is 272 g/mol. The van der Waals surface area contributed by atoms with Gasteiger partial charge in [0, 0.05) is 24.0 Å². The number of pyridine rings is 1. The SMILES string of the molecule is COc1ccc(N)cc1C(=O)OCCc1ccccn1. The van der Waals surface area contributed by atoms with E-state index in [0.29, 0.717) is 23.4 Å². The number of anilines is 1. The van der Waals surface area contributed by atoms with Crippen molar-refractivity contribution in [3.8, 4) is 5.75 Å². The minimum absolute atomic E-state index is 0.258. The lowest BCUT2D eigenvalue weighted by Crippen LogP contribution is -2.10. The van der Waals surface area contributed by atoms with Gasteiger partial charge in [0.05, 0.1) is 13.7 Å². The molecule has 20 heavy (non-hydrogen) atoms. The van der Waals surface area contributed by atoms with Gasteiger partial charge < -0.3 is 15.2 Å². The fourth-order valence-corrected chi connectivity index (χ4v) is 1.76. The van der Waals surface area contributed by atoms with E-state index in [1.807, 2.05) is 18.2 Å². The highest BCUT2D eigenvalue weighted by atomic mass is 16.5. The summed E-state index contributed by atoms with van der Waals surface area (Å²) in [4.78, 5) is 16.1. The summed E-state index contributed by atoms with van der Waals surface area (Å²) in [7, 11) is 1.50. The van der Waals surface area contributed by atoms with Crippen LogP contribution in [-0.2, 0) is 11.2 Å². The van der Waals surface area contributed by atoms with Crippen LogP contribution in [0.3, 0.4) is 0 Å².